The molecule has 1 aromatic rings. The molecule has 0 unspecified atom stereocenters. The number of ether oxygens (including phenoxy) is 1. The van der Waals surface area contributed by atoms with Crippen LogP contribution in [0.25, 0.3) is 0 Å². The van der Waals surface area contributed by atoms with Gasteiger partial charge in [0.1, 0.15) is 17.8 Å². The predicted molar refractivity (Wildman–Crippen MR) is 131 cm³/mol. The molecule has 188 valence electrons. The lowest BCUT2D eigenvalue weighted by Crippen LogP contribution is -2.50. The van der Waals surface area contributed by atoms with E-state index in [0.29, 0.717) is 35.2 Å². The summed E-state index contributed by atoms with van der Waals surface area (Å²) in [7, 11) is 0. The fourth-order valence-corrected chi connectivity index (χ4v) is 5.95. The van der Waals surface area contributed by atoms with Gasteiger partial charge in [0, 0.05) is 23.0 Å². The van der Waals surface area contributed by atoms with Gasteiger partial charge in [-0.25, -0.2) is 0 Å². The minimum absolute atomic E-state index is 0.0624. The molecule has 10 heteroatoms. The number of rotatable bonds is 7. The van der Waals surface area contributed by atoms with Crippen LogP contribution in [0.3, 0.4) is 0 Å². The molecule has 2 saturated heterocycles. The minimum Gasteiger partial charge on any atom is -0.482 e. The molecule has 3 atom stereocenters. The number of nitrogens with one attached hydrogen (secondary N) is 2. The maximum Gasteiger partial charge on any atom is 0.261 e. The van der Waals surface area contributed by atoms with E-state index in [2.05, 4.69) is 16.7 Å². The van der Waals surface area contributed by atoms with Gasteiger partial charge in [0.2, 0.25) is 11.8 Å². The Kier molecular flexibility index (Phi) is 7.21. The Labute approximate surface area is 215 Å². The van der Waals surface area contributed by atoms with Gasteiger partial charge >= 0.3 is 0 Å². The van der Waals surface area contributed by atoms with E-state index in [1.807, 2.05) is 13.8 Å². The van der Waals surface area contributed by atoms with Crippen molar-refractivity contribution in [3.8, 4) is 11.8 Å². The first-order valence-corrected chi connectivity index (χ1v) is 12.7. The summed E-state index contributed by atoms with van der Waals surface area (Å²) in [5, 5.41) is 16.1. The van der Waals surface area contributed by atoms with Crippen molar-refractivity contribution in [3.05, 3.63) is 28.2 Å². The number of nitrogens with zero attached hydrogens (tertiary/aromatic N) is 2. The topological polar surface area (TPSA) is 112 Å². The molecule has 4 rings (SSSR count). The fraction of sp³-hybridized carbons (Fsp3) is 0.600. The third-order valence-corrected chi connectivity index (χ3v) is 7.90. The van der Waals surface area contributed by atoms with Crippen LogP contribution in [0.4, 0.5) is 0 Å². The quantitative estimate of drug-likeness (QED) is 0.571. The molecule has 2 aliphatic heterocycles. The van der Waals surface area contributed by atoms with Crippen LogP contribution >= 0.6 is 23.2 Å². The third kappa shape index (κ3) is 5.68. The van der Waals surface area contributed by atoms with Crippen molar-refractivity contribution in [1.29, 1.82) is 5.26 Å². The summed E-state index contributed by atoms with van der Waals surface area (Å²) >= 11 is 12.1. The Morgan fingerprint density at radius 1 is 1.31 bits per heavy atom. The molecule has 0 radical (unpaired) electrons. The summed E-state index contributed by atoms with van der Waals surface area (Å²) in [6, 6.07) is 5.37. The van der Waals surface area contributed by atoms with Gasteiger partial charge in [-0.15, -0.1) is 0 Å². The van der Waals surface area contributed by atoms with E-state index < -0.39 is 12.1 Å². The highest BCUT2D eigenvalue weighted by Gasteiger charge is 2.51. The molecular formula is C25H30Cl2N4O4. The SMILES string of the molecule is CC1(C)C[C@@H](C[C@@H](C#N)NC(=O)[C@@H]2CC3(CCC3)CN2C(=O)COc2ccc(Cl)cc2Cl)C(=O)N1. The summed E-state index contributed by atoms with van der Waals surface area (Å²) in [5.74, 6) is -0.785. The summed E-state index contributed by atoms with van der Waals surface area (Å²) < 4.78 is 5.63. The van der Waals surface area contributed by atoms with Crippen LogP contribution in [0, 0.1) is 22.7 Å². The molecule has 2 heterocycles. The summed E-state index contributed by atoms with van der Waals surface area (Å²) in [4.78, 5) is 40.2. The normalized spacial score (nSPS) is 24.9. The molecule has 1 aromatic carbocycles. The number of nitriles is 1. The molecule has 1 aliphatic carbocycles. The van der Waals surface area contributed by atoms with Crippen molar-refractivity contribution in [1.82, 2.24) is 15.5 Å². The number of hydrogen-bond donors (Lipinski definition) is 2. The van der Waals surface area contributed by atoms with Gasteiger partial charge in [0.05, 0.1) is 11.1 Å². The van der Waals surface area contributed by atoms with Crippen LogP contribution in [-0.4, -0.2) is 53.4 Å². The highest BCUT2D eigenvalue weighted by Crippen LogP contribution is 2.50. The maximum atomic E-state index is 13.3. The van der Waals surface area contributed by atoms with Gasteiger partial charge in [-0.2, -0.15) is 5.26 Å². The van der Waals surface area contributed by atoms with Gasteiger partial charge in [0.25, 0.3) is 5.91 Å². The smallest absolute Gasteiger partial charge is 0.261 e. The van der Waals surface area contributed by atoms with Crippen LogP contribution in [0.15, 0.2) is 18.2 Å². The second-order valence-electron chi connectivity index (χ2n) is 10.7. The monoisotopic (exact) mass is 520 g/mol. The second-order valence-corrected chi connectivity index (χ2v) is 11.5. The van der Waals surface area contributed by atoms with E-state index in [9.17, 15) is 19.6 Å². The molecule has 1 saturated carbocycles. The molecule has 8 nitrogen and oxygen atoms in total. The number of carbonyl (C=O) groups is 3. The third-order valence-electron chi connectivity index (χ3n) is 7.37. The number of carbonyl (C=O) groups excluding carboxylic acids is 3. The summed E-state index contributed by atoms with van der Waals surface area (Å²) in [6.07, 6.45) is 4.39. The molecule has 2 N–H and O–H groups in total. The second kappa shape index (κ2) is 9.87. The van der Waals surface area contributed by atoms with Crippen LogP contribution in [0.2, 0.25) is 10.0 Å². The number of likely N-dealkylation sites (tertiary alicyclic amines) is 1. The summed E-state index contributed by atoms with van der Waals surface area (Å²) in [5.41, 5.74) is -0.392. The largest absolute Gasteiger partial charge is 0.482 e. The van der Waals surface area contributed by atoms with Gasteiger partial charge in [0.15, 0.2) is 6.61 Å². The lowest BCUT2D eigenvalue weighted by atomic mass is 9.67. The molecule has 1 spiro atoms. The molecule has 3 amide bonds. The average Bonchev–Trinajstić information content (AvgIpc) is 3.30. The zero-order valence-electron chi connectivity index (χ0n) is 19.9. The average molecular weight is 521 g/mol. The van der Waals surface area contributed by atoms with Crippen molar-refractivity contribution in [3.63, 3.8) is 0 Å². The lowest BCUT2D eigenvalue weighted by molar-refractivity contribution is -0.140. The van der Waals surface area contributed by atoms with E-state index in [0.717, 1.165) is 19.3 Å². The van der Waals surface area contributed by atoms with Crippen LogP contribution in [-0.2, 0) is 14.4 Å². The minimum atomic E-state index is -0.814. The van der Waals surface area contributed by atoms with Crippen LogP contribution in [0.1, 0.15) is 52.4 Å². The highest BCUT2D eigenvalue weighted by atomic mass is 35.5. The van der Waals surface area contributed by atoms with E-state index in [1.165, 1.54) is 6.07 Å². The first-order valence-electron chi connectivity index (χ1n) is 11.9. The van der Waals surface area contributed by atoms with Gasteiger partial charge < -0.3 is 20.3 Å². The van der Waals surface area contributed by atoms with Crippen molar-refractivity contribution in [2.45, 2.75) is 70.0 Å². The van der Waals surface area contributed by atoms with Gasteiger partial charge in [-0.05, 0) is 69.6 Å². The van der Waals surface area contributed by atoms with E-state index in [4.69, 9.17) is 27.9 Å². The molecule has 3 fully saturated rings. The zero-order chi connectivity index (χ0) is 25.4. The molecular weight excluding hydrogens is 491 g/mol. The van der Waals surface area contributed by atoms with Gasteiger partial charge in [-0.1, -0.05) is 29.6 Å². The highest BCUT2D eigenvalue weighted by molar-refractivity contribution is 6.35. The Morgan fingerprint density at radius 2 is 2.06 bits per heavy atom. The Morgan fingerprint density at radius 3 is 2.63 bits per heavy atom. The van der Waals surface area contributed by atoms with E-state index in [-0.39, 0.29) is 47.6 Å². The van der Waals surface area contributed by atoms with Gasteiger partial charge in [-0.3, -0.25) is 14.4 Å². The number of halogens is 2. The zero-order valence-corrected chi connectivity index (χ0v) is 21.4. The van der Waals surface area contributed by atoms with Crippen molar-refractivity contribution >= 4 is 40.9 Å². The van der Waals surface area contributed by atoms with E-state index >= 15 is 0 Å². The standard InChI is InChI=1S/C25H30Cl2N4O4/c1-24(2)10-15(22(33)30-24)8-17(12-28)29-23(34)19-11-25(6-3-7-25)14-31(19)21(32)13-35-20-5-4-16(26)9-18(20)27/h4-5,9,15,17,19H,3,6-8,10-11,13-14H2,1-2H3,(H,29,34)(H,30,33)/t15-,17+,19+/m1/s1. The number of amides is 3. The molecule has 35 heavy (non-hydrogen) atoms. The van der Waals surface area contributed by atoms with Crippen LogP contribution < -0.4 is 15.4 Å². The lowest BCUT2D eigenvalue weighted by Gasteiger charge is -2.37. The van der Waals surface area contributed by atoms with E-state index in [1.54, 1.807) is 17.0 Å². The Bertz CT molecular complexity index is 1070. The first kappa shape index (κ1) is 25.6. The molecule has 0 bridgehead atoms. The Balaban J connectivity index is 1.41. The molecule has 0 aromatic heterocycles. The number of benzene rings is 1. The van der Waals surface area contributed by atoms with Crippen molar-refractivity contribution in [2.24, 2.45) is 11.3 Å². The van der Waals surface area contributed by atoms with Crippen molar-refractivity contribution in [2.75, 3.05) is 13.2 Å². The van der Waals surface area contributed by atoms with Crippen molar-refractivity contribution < 1.29 is 19.1 Å². The predicted octanol–water partition coefficient (Wildman–Crippen LogP) is 3.46. The first-order chi connectivity index (χ1) is 16.5. The van der Waals surface area contributed by atoms with Crippen LogP contribution in [0.5, 0.6) is 5.75 Å². The number of hydrogen-bond acceptors (Lipinski definition) is 5. The molecule has 3 aliphatic rings. The summed E-state index contributed by atoms with van der Waals surface area (Å²) in [6.45, 7) is 4.09. The Hall–Kier alpha value is -2.50. The maximum absolute atomic E-state index is 13.3. The fourth-order valence-electron chi connectivity index (χ4n) is 5.49.